The van der Waals surface area contributed by atoms with E-state index in [1.807, 2.05) is 127 Å². The van der Waals surface area contributed by atoms with E-state index in [0.29, 0.717) is 61.9 Å². The van der Waals surface area contributed by atoms with Crippen LogP contribution in [0.15, 0.2) is 162 Å². The molecule has 284 valence electrons. The molecule has 0 fully saturated rings. The van der Waals surface area contributed by atoms with Gasteiger partial charge in [0, 0.05) is 32.3 Å². The summed E-state index contributed by atoms with van der Waals surface area (Å²) in [5, 5.41) is 47.2. The van der Waals surface area contributed by atoms with Crippen molar-refractivity contribution in [3.63, 3.8) is 0 Å². The second-order valence-corrected chi connectivity index (χ2v) is 15.2. The summed E-state index contributed by atoms with van der Waals surface area (Å²) in [5.74, 6) is 0.318. The van der Waals surface area contributed by atoms with Crippen molar-refractivity contribution < 1.29 is 4.42 Å². The zero-order chi connectivity index (χ0) is 41.6. The Morgan fingerprint density at radius 2 is 0.806 bits per heavy atom. The molecule has 0 spiro atoms. The number of nitrogens with zero attached hydrogens (tertiary/aromatic N) is 8. The monoisotopic (exact) mass is 790 g/mol. The zero-order valence-corrected chi connectivity index (χ0v) is 32.5. The summed E-state index contributed by atoms with van der Waals surface area (Å²) in [6.07, 6.45) is 0. The average molecular weight is 791 g/mol. The van der Waals surface area contributed by atoms with Crippen LogP contribution in [0.25, 0.3) is 105 Å². The second-order valence-electron chi connectivity index (χ2n) is 15.2. The first-order valence-corrected chi connectivity index (χ1v) is 19.9. The van der Waals surface area contributed by atoms with Gasteiger partial charge >= 0.3 is 0 Å². The smallest absolute Gasteiger partial charge is 0.229 e. The number of hydrogen-bond donors (Lipinski definition) is 0. The van der Waals surface area contributed by atoms with Crippen LogP contribution in [0.2, 0.25) is 0 Å². The van der Waals surface area contributed by atoms with Gasteiger partial charge in [-0.3, -0.25) is 0 Å². The van der Waals surface area contributed by atoms with Crippen LogP contribution in [0, 0.1) is 45.3 Å². The summed E-state index contributed by atoms with van der Waals surface area (Å²) in [6.45, 7) is 0. The molecule has 0 radical (unpaired) electrons. The Morgan fingerprint density at radius 3 is 1.27 bits per heavy atom. The van der Waals surface area contributed by atoms with Gasteiger partial charge in [-0.1, -0.05) is 66.7 Å². The largest absolute Gasteiger partial charge is 0.436 e. The number of rotatable bonds is 4. The molecule has 62 heavy (non-hydrogen) atoms. The van der Waals surface area contributed by atoms with Gasteiger partial charge in [0.1, 0.15) is 11.6 Å². The van der Waals surface area contributed by atoms with E-state index in [1.165, 1.54) is 0 Å². The third kappa shape index (κ3) is 4.76. The molecule has 0 N–H and O–H groups in total. The number of hydrogen-bond acceptors (Lipinski definition) is 6. The molecular formula is C53H26N8O. The van der Waals surface area contributed by atoms with Crippen molar-refractivity contribution in [1.82, 2.24) is 18.7 Å². The quantitative estimate of drug-likeness (QED) is 0.174. The number of oxazole rings is 1. The van der Waals surface area contributed by atoms with Gasteiger partial charge in [0.25, 0.3) is 0 Å². The number of fused-ring (bicyclic) bond motifs is 10. The minimum Gasteiger partial charge on any atom is -0.436 e. The zero-order valence-electron chi connectivity index (χ0n) is 32.5. The Balaban J connectivity index is 1.40. The Labute approximate surface area is 352 Å². The number of benzene rings is 8. The van der Waals surface area contributed by atoms with Crippen molar-refractivity contribution in [3.05, 3.63) is 180 Å². The van der Waals surface area contributed by atoms with Crippen molar-refractivity contribution >= 4 is 76.5 Å². The van der Waals surface area contributed by atoms with Crippen LogP contribution in [0.4, 0.5) is 0 Å². The van der Waals surface area contributed by atoms with Crippen LogP contribution in [-0.2, 0) is 0 Å². The Bertz CT molecular complexity index is 4080. The molecule has 9 heteroatoms. The minimum atomic E-state index is 0.318. The fourth-order valence-corrected chi connectivity index (χ4v) is 9.40. The number of aromatic nitrogens is 4. The van der Waals surface area contributed by atoms with E-state index < -0.39 is 0 Å². The van der Waals surface area contributed by atoms with E-state index in [-0.39, 0.29) is 0 Å². The highest BCUT2D eigenvalue weighted by Crippen LogP contribution is 2.48. The third-order valence-corrected chi connectivity index (χ3v) is 12.0. The van der Waals surface area contributed by atoms with Crippen molar-refractivity contribution in [3.8, 4) is 52.8 Å². The second kappa shape index (κ2) is 13.0. The molecule has 4 heterocycles. The first kappa shape index (κ1) is 34.6. The number of para-hydroxylation sites is 5. The molecule has 0 saturated heterocycles. The fraction of sp³-hybridized carbons (Fsp3) is 0. The van der Waals surface area contributed by atoms with Gasteiger partial charge in [0.15, 0.2) is 5.58 Å². The SMILES string of the molecule is N#Cc1ccc2c(c1)c1ccccc1n2-c1c(C#N)cc(-c2nc3ccccc3o2)c(-n2c3ccccc3c3cc(C#N)ccc32)c1-n1c2ccccc2c2cc(C#N)ccc21. The normalized spacial score (nSPS) is 11.5. The Morgan fingerprint density at radius 1 is 0.387 bits per heavy atom. The van der Waals surface area contributed by atoms with Crippen LogP contribution in [0.3, 0.4) is 0 Å². The van der Waals surface area contributed by atoms with Gasteiger partial charge < -0.3 is 18.1 Å². The lowest BCUT2D eigenvalue weighted by Crippen LogP contribution is -2.13. The molecule has 4 aromatic heterocycles. The van der Waals surface area contributed by atoms with Crippen molar-refractivity contribution in [1.29, 1.82) is 21.0 Å². The molecule has 0 aliphatic carbocycles. The maximum atomic E-state index is 11.6. The van der Waals surface area contributed by atoms with Gasteiger partial charge in [-0.2, -0.15) is 21.0 Å². The highest BCUT2D eigenvalue weighted by molar-refractivity contribution is 6.15. The van der Waals surface area contributed by atoms with E-state index in [4.69, 9.17) is 9.40 Å². The summed E-state index contributed by atoms with van der Waals surface area (Å²) in [7, 11) is 0. The maximum Gasteiger partial charge on any atom is 0.229 e. The molecule has 0 saturated carbocycles. The van der Waals surface area contributed by atoms with Gasteiger partial charge in [0.2, 0.25) is 5.89 Å². The molecular weight excluding hydrogens is 765 g/mol. The summed E-state index contributed by atoms with van der Waals surface area (Å²) in [4.78, 5) is 5.08. The van der Waals surface area contributed by atoms with E-state index in [9.17, 15) is 21.0 Å². The van der Waals surface area contributed by atoms with Gasteiger partial charge in [-0.15, -0.1) is 0 Å². The molecule has 0 aliphatic heterocycles. The summed E-state index contributed by atoms with van der Waals surface area (Å²) in [6, 6.07) is 60.4. The van der Waals surface area contributed by atoms with Crippen molar-refractivity contribution in [2.75, 3.05) is 0 Å². The highest BCUT2D eigenvalue weighted by Gasteiger charge is 2.31. The lowest BCUT2D eigenvalue weighted by molar-refractivity contribution is 0.619. The van der Waals surface area contributed by atoms with Crippen molar-refractivity contribution in [2.45, 2.75) is 0 Å². The average Bonchev–Trinajstić information content (AvgIpc) is 4.08. The predicted octanol–water partition coefficient (Wildman–Crippen LogP) is 12.3. The summed E-state index contributed by atoms with van der Waals surface area (Å²) < 4.78 is 13.2. The fourth-order valence-electron chi connectivity index (χ4n) is 9.40. The van der Waals surface area contributed by atoms with Crippen LogP contribution in [0.5, 0.6) is 0 Å². The molecule has 0 bridgehead atoms. The Hall–Kier alpha value is -9.41. The first-order valence-electron chi connectivity index (χ1n) is 19.9. The lowest BCUT2D eigenvalue weighted by Gasteiger charge is -2.25. The van der Waals surface area contributed by atoms with Crippen molar-refractivity contribution in [2.24, 2.45) is 0 Å². The van der Waals surface area contributed by atoms with E-state index in [2.05, 4.69) is 62.2 Å². The van der Waals surface area contributed by atoms with E-state index in [0.717, 1.165) is 65.4 Å². The van der Waals surface area contributed by atoms with Gasteiger partial charge in [-0.05, 0) is 91.0 Å². The molecule has 0 aliphatic rings. The van der Waals surface area contributed by atoms with Crippen LogP contribution < -0.4 is 0 Å². The Kier molecular flexibility index (Phi) is 7.29. The summed E-state index contributed by atoms with van der Waals surface area (Å²) >= 11 is 0. The molecule has 12 rings (SSSR count). The lowest BCUT2D eigenvalue weighted by atomic mass is 10.0. The molecule has 0 atom stereocenters. The molecule has 0 unspecified atom stereocenters. The molecule has 8 aromatic carbocycles. The minimum absolute atomic E-state index is 0.318. The molecule has 9 nitrogen and oxygen atoms in total. The highest BCUT2D eigenvalue weighted by atomic mass is 16.3. The number of nitriles is 4. The predicted molar refractivity (Wildman–Crippen MR) is 241 cm³/mol. The van der Waals surface area contributed by atoms with E-state index >= 15 is 0 Å². The van der Waals surface area contributed by atoms with Gasteiger partial charge in [-0.25, -0.2) is 4.98 Å². The van der Waals surface area contributed by atoms with E-state index in [1.54, 1.807) is 6.07 Å². The maximum absolute atomic E-state index is 11.6. The topological polar surface area (TPSA) is 136 Å². The molecule has 12 aromatic rings. The summed E-state index contributed by atoms with van der Waals surface area (Å²) in [5.41, 5.74) is 10.6. The van der Waals surface area contributed by atoms with Gasteiger partial charge in [0.05, 0.1) is 96.2 Å². The van der Waals surface area contributed by atoms with Crippen LogP contribution in [-0.4, -0.2) is 18.7 Å². The molecule has 0 amide bonds. The first-order chi connectivity index (χ1) is 30.6. The van der Waals surface area contributed by atoms with Crippen LogP contribution in [0.1, 0.15) is 22.3 Å². The van der Waals surface area contributed by atoms with Crippen LogP contribution >= 0.6 is 0 Å². The standard InChI is InChI=1S/C53H26N8O/c54-27-31-17-20-46-38(23-31)35-9-1-5-13-43(35)59(46)50-34(30-57)26-41(53-58-42-12-4-8-16-49(42)62-53)51(60-44-14-6-2-10-36(44)39-24-32(28-55)18-21-47(39)60)52(50)61-45-15-7-3-11-37(45)40-25-33(29-56)19-22-48(40)61/h1-26H. The third-order valence-electron chi connectivity index (χ3n) is 12.0.